The Hall–Kier alpha value is -0.0600. The van der Waals surface area contributed by atoms with Crippen LogP contribution in [0.1, 0.15) is 32.1 Å². The monoisotopic (exact) mass is 256 g/mol. The topological polar surface area (TPSA) is 35.5 Å². The number of hydrogen-bond donors (Lipinski definition) is 0. The zero-order valence-electron chi connectivity index (χ0n) is 10.2. The van der Waals surface area contributed by atoms with E-state index in [2.05, 4.69) is 0 Å². The van der Waals surface area contributed by atoms with Crippen molar-refractivity contribution in [2.75, 3.05) is 24.7 Å². The Bertz CT molecular complexity index is 293. The summed E-state index contributed by atoms with van der Waals surface area (Å²) in [4.78, 5) is 12.4. The number of thioether (sulfide) groups is 1. The molecule has 3 nitrogen and oxygen atoms in total. The third-order valence-corrected chi connectivity index (χ3v) is 5.43. The molecule has 0 bridgehead atoms. The second-order valence-corrected chi connectivity index (χ2v) is 6.53. The summed E-state index contributed by atoms with van der Waals surface area (Å²) in [6.07, 6.45) is 4.80. The molecule has 0 aromatic carbocycles. The molecule has 0 amide bonds. The van der Waals surface area contributed by atoms with Crippen LogP contribution in [0.4, 0.5) is 0 Å². The summed E-state index contributed by atoms with van der Waals surface area (Å²) in [6, 6.07) is 0. The number of carbonyl (C=O) groups is 1. The van der Waals surface area contributed by atoms with Crippen LogP contribution in [0.15, 0.2) is 0 Å². The minimum absolute atomic E-state index is 0.0157. The van der Waals surface area contributed by atoms with Gasteiger partial charge in [-0.25, -0.2) is 0 Å². The van der Waals surface area contributed by atoms with E-state index in [4.69, 9.17) is 9.47 Å². The molecule has 3 atom stereocenters. The molecule has 3 heterocycles. The molecule has 1 spiro atoms. The maximum atomic E-state index is 12.4. The lowest BCUT2D eigenvalue weighted by Gasteiger charge is -2.37. The fourth-order valence-electron chi connectivity index (χ4n) is 3.20. The van der Waals surface area contributed by atoms with Crippen LogP contribution in [-0.4, -0.2) is 42.2 Å². The van der Waals surface area contributed by atoms with Crippen molar-refractivity contribution in [2.24, 2.45) is 5.92 Å². The zero-order valence-corrected chi connectivity index (χ0v) is 11.0. The van der Waals surface area contributed by atoms with Crippen LogP contribution in [0.25, 0.3) is 0 Å². The van der Waals surface area contributed by atoms with Crippen molar-refractivity contribution < 1.29 is 14.3 Å². The Morgan fingerprint density at radius 3 is 2.94 bits per heavy atom. The highest BCUT2D eigenvalue weighted by atomic mass is 32.2. The van der Waals surface area contributed by atoms with Crippen molar-refractivity contribution >= 4 is 17.5 Å². The van der Waals surface area contributed by atoms with E-state index in [0.29, 0.717) is 5.78 Å². The minimum Gasteiger partial charge on any atom is -0.374 e. The first kappa shape index (κ1) is 12.0. The van der Waals surface area contributed by atoms with Crippen LogP contribution in [0.2, 0.25) is 0 Å². The van der Waals surface area contributed by atoms with Gasteiger partial charge in [-0.05, 0) is 37.9 Å². The molecule has 4 heteroatoms. The van der Waals surface area contributed by atoms with Gasteiger partial charge in [0.15, 0.2) is 5.78 Å². The summed E-state index contributed by atoms with van der Waals surface area (Å²) in [5.41, 5.74) is 0.0157. The fourth-order valence-corrected chi connectivity index (χ4v) is 4.58. The molecule has 3 aliphatic rings. The maximum absolute atomic E-state index is 12.4. The van der Waals surface area contributed by atoms with Gasteiger partial charge in [0.2, 0.25) is 0 Å². The van der Waals surface area contributed by atoms with E-state index in [9.17, 15) is 4.79 Å². The Labute approximate surface area is 107 Å². The van der Waals surface area contributed by atoms with Crippen molar-refractivity contribution in [2.45, 2.75) is 43.8 Å². The summed E-state index contributed by atoms with van der Waals surface area (Å²) >= 11 is 1.96. The van der Waals surface area contributed by atoms with Gasteiger partial charge < -0.3 is 9.47 Å². The van der Waals surface area contributed by atoms with Gasteiger partial charge in [0.05, 0.1) is 5.60 Å². The first-order valence-electron chi connectivity index (χ1n) is 6.66. The molecule has 3 saturated heterocycles. The largest absolute Gasteiger partial charge is 0.374 e. The van der Waals surface area contributed by atoms with E-state index >= 15 is 0 Å². The predicted molar refractivity (Wildman–Crippen MR) is 67.3 cm³/mol. The molecule has 0 N–H and O–H groups in total. The van der Waals surface area contributed by atoms with Gasteiger partial charge in [0.25, 0.3) is 0 Å². The third kappa shape index (κ3) is 2.40. The molecule has 3 rings (SSSR count). The van der Waals surface area contributed by atoms with Crippen LogP contribution >= 0.6 is 11.8 Å². The summed E-state index contributed by atoms with van der Waals surface area (Å²) in [5.74, 6) is 2.79. The second kappa shape index (κ2) is 4.90. The fraction of sp³-hybridized carbons (Fsp3) is 0.923. The number of Topliss-reactive ketones (excluding diaryl/α,β-unsaturated/α-hetero) is 1. The lowest BCUT2D eigenvalue weighted by molar-refractivity contribution is -0.142. The summed E-state index contributed by atoms with van der Waals surface area (Å²) < 4.78 is 11.5. The molecule has 0 aliphatic carbocycles. The molecule has 3 unspecified atom stereocenters. The number of hydrogen-bond acceptors (Lipinski definition) is 4. The zero-order chi connectivity index (χ0) is 11.7. The maximum Gasteiger partial charge on any atom is 0.164 e. The molecule has 96 valence electrons. The number of rotatable bonds is 2. The minimum atomic E-state index is -0.107. The van der Waals surface area contributed by atoms with Crippen LogP contribution in [0, 0.1) is 5.92 Å². The predicted octanol–water partition coefficient (Wildman–Crippen LogP) is 2.04. The van der Waals surface area contributed by atoms with Crippen molar-refractivity contribution in [3.8, 4) is 0 Å². The normalized spacial score (nSPS) is 42.1. The van der Waals surface area contributed by atoms with Crippen molar-refractivity contribution in [1.29, 1.82) is 0 Å². The molecule has 0 radical (unpaired) electrons. The quantitative estimate of drug-likeness (QED) is 0.757. The third-order valence-electron chi connectivity index (χ3n) is 4.21. The van der Waals surface area contributed by atoms with E-state index in [1.807, 2.05) is 11.8 Å². The lowest BCUT2D eigenvalue weighted by Crippen LogP contribution is -2.44. The molecule has 0 aromatic rings. The smallest absolute Gasteiger partial charge is 0.164 e. The van der Waals surface area contributed by atoms with Crippen molar-refractivity contribution in [3.05, 3.63) is 0 Å². The van der Waals surface area contributed by atoms with E-state index in [0.717, 1.165) is 51.1 Å². The van der Waals surface area contributed by atoms with Gasteiger partial charge in [-0.1, -0.05) is 0 Å². The molecular formula is C13H20O3S. The molecule has 3 aliphatic heterocycles. The summed E-state index contributed by atoms with van der Waals surface area (Å²) in [5, 5.41) is 0. The van der Waals surface area contributed by atoms with Crippen LogP contribution in [0.3, 0.4) is 0 Å². The van der Waals surface area contributed by atoms with Gasteiger partial charge >= 0.3 is 0 Å². The molecule has 3 fully saturated rings. The van der Waals surface area contributed by atoms with E-state index in [-0.39, 0.29) is 17.6 Å². The lowest BCUT2D eigenvalue weighted by atomic mass is 9.81. The van der Waals surface area contributed by atoms with Gasteiger partial charge in [0, 0.05) is 24.9 Å². The average Bonchev–Trinajstić information content (AvgIpc) is 3.00. The SMILES string of the molecule is O=C(C1CCOC2(CCSC2)C1)C1CCCO1. The van der Waals surface area contributed by atoms with Gasteiger partial charge in [0.1, 0.15) is 6.10 Å². The summed E-state index contributed by atoms with van der Waals surface area (Å²) in [7, 11) is 0. The van der Waals surface area contributed by atoms with Crippen molar-refractivity contribution in [3.63, 3.8) is 0 Å². The highest BCUT2D eigenvalue weighted by Crippen LogP contribution is 2.41. The highest BCUT2D eigenvalue weighted by Gasteiger charge is 2.44. The Balaban J connectivity index is 1.64. The first-order valence-corrected chi connectivity index (χ1v) is 7.82. The number of ether oxygens (including phenoxy) is 2. The average molecular weight is 256 g/mol. The molecule has 17 heavy (non-hydrogen) atoms. The molecule has 0 aromatic heterocycles. The van der Waals surface area contributed by atoms with Crippen LogP contribution in [-0.2, 0) is 14.3 Å². The summed E-state index contributed by atoms with van der Waals surface area (Å²) in [6.45, 7) is 1.52. The van der Waals surface area contributed by atoms with Crippen LogP contribution in [0.5, 0.6) is 0 Å². The first-order chi connectivity index (χ1) is 8.29. The van der Waals surface area contributed by atoms with Gasteiger partial charge in [-0.15, -0.1) is 0 Å². The van der Waals surface area contributed by atoms with Gasteiger partial charge in [-0.2, -0.15) is 11.8 Å². The van der Waals surface area contributed by atoms with Crippen LogP contribution < -0.4 is 0 Å². The van der Waals surface area contributed by atoms with E-state index < -0.39 is 0 Å². The van der Waals surface area contributed by atoms with E-state index in [1.54, 1.807) is 0 Å². The number of carbonyl (C=O) groups excluding carboxylic acids is 1. The number of ketones is 1. The Morgan fingerprint density at radius 1 is 1.29 bits per heavy atom. The van der Waals surface area contributed by atoms with Gasteiger partial charge in [-0.3, -0.25) is 4.79 Å². The highest BCUT2D eigenvalue weighted by molar-refractivity contribution is 7.99. The Morgan fingerprint density at radius 2 is 2.24 bits per heavy atom. The Kier molecular flexibility index (Phi) is 3.46. The molecular weight excluding hydrogens is 236 g/mol. The standard InChI is InChI=1S/C13H20O3S/c14-12(11-2-1-5-15-11)10-3-6-16-13(8-10)4-7-17-9-13/h10-11H,1-9H2. The van der Waals surface area contributed by atoms with Crippen molar-refractivity contribution in [1.82, 2.24) is 0 Å². The van der Waals surface area contributed by atoms with E-state index in [1.165, 1.54) is 5.75 Å². The molecule has 0 saturated carbocycles. The second-order valence-electron chi connectivity index (χ2n) is 5.43.